The Morgan fingerprint density at radius 2 is 0.750 bits per heavy atom. The summed E-state index contributed by atoms with van der Waals surface area (Å²) in [6.07, 6.45) is 6.02. The minimum absolute atomic E-state index is 0.0388. The highest BCUT2D eigenvalue weighted by Crippen LogP contribution is 2.32. The number of hydrogen-bond acceptors (Lipinski definition) is 12. The van der Waals surface area contributed by atoms with Crippen molar-refractivity contribution in [2.75, 3.05) is 0 Å². The molecule has 4 aliphatic rings. The highest BCUT2D eigenvalue weighted by Gasteiger charge is 2.48. The molecule has 1 fully saturated rings. The van der Waals surface area contributed by atoms with Crippen LogP contribution in [0.1, 0.15) is 72.5 Å². The van der Waals surface area contributed by atoms with E-state index < -0.39 is 81.9 Å². The molecular weight excluding hydrogens is 630 g/mol. The van der Waals surface area contributed by atoms with Gasteiger partial charge in [-0.3, -0.25) is 28.8 Å². The Balaban J connectivity index is 1.19. The van der Waals surface area contributed by atoms with Crippen molar-refractivity contribution in [1.82, 2.24) is 15.2 Å². The first kappa shape index (κ1) is 29.7. The van der Waals surface area contributed by atoms with E-state index in [0.29, 0.717) is 0 Å². The van der Waals surface area contributed by atoms with Crippen molar-refractivity contribution in [3.63, 3.8) is 0 Å². The first-order valence-corrected chi connectivity index (χ1v) is 14.1. The van der Waals surface area contributed by atoms with E-state index in [1.54, 1.807) is 12.2 Å². The lowest BCUT2D eigenvalue weighted by Crippen LogP contribution is -2.34. The van der Waals surface area contributed by atoms with Crippen molar-refractivity contribution in [2.45, 2.75) is 0 Å². The van der Waals surface area contributed by atoms with E-state index in [1.165, 1.54) is 60.7 Å². The molecule has 0 aromatic heterocycles. The second-order valence-electron chi connectivity index (χ2n) is 10.6. The summed E-state index contributed by atoms with van der Waals surface area (Å²) < 4.78 is 0. The van der Waals surface area contributed by atoms with Crippen LogP contribution in [0.5, 0.6) is 0 Å². The summed E-state index contributed by atoms with van der Waals surface area (Å²) in [5.41, 5.74) is -1.96. The maximum atomic E-state index is 13.3. The molecule has 0 saturated carbocycles. The molecule has 236 valence electrons. The molecule has 15 heteroatoms. The summed E-state index contributed by atoms with van der Waals surface area (Å²) in [5.74, 6) is -11.5. The maximum absolute atomic E-state index is 13.3. The highest BCUT2D eigenvalue weighted by molar-refractivity contribution is 6.22. The molecule has 3 aromatic carbocycles. The zero-order valence-corrected chi connectivity index (χ0v) is 24.1. The Morgan fingerprint density at radius 3 is 1.06 bits per heavy atom. The van der Waals surface area contributed by atoms with Gasteiger partial charge in [-0.1, -0.05) is 58.7 Å². The van der Waals surface area contributed by atoms with Gasteiger partial charge in [-0.05, 0) is 42.5 Å². The third-order valence-electron chi connectivity index (χ3n) is 7.78. The Hall–Kier alpha value is -7.03. The fourth-order valence-corrected chi connectivity index (χ4v) is 5.44. The zero-order chi connectivity index (χ0) is 33.9. The van der Waals surface area contributed by atoms with E-state index in [4.69, 9.17) is 14.5 Å². The predicted molar refractivity (Wildman–Crippen MR) is 154 cm³/mol. The number of fused-ring (bicyclic) bond motifs is 3. The molecule has 3 aromatic rings. The van der Waals surface area contributed by atoms with Gasteiger partial charge in [0.05, 0.1) is 50.8 Å². The third-order valence-corrected chi connectivity index (χ3v) is 7.78. The molecule has 6 amide bonds. The van der Waals surface area contributed by atoms with Crippen LogP contribution < -0.4 is 0 Å². The number of allylic oxidation sites excluding steroid dienone is 2. The van der Waals surface area contributed by atoms with E-state index in [2.05, 4.69) is 0 Å². The van der Waals surface area contributed by atoms with Gasteiger partial charge in [0.1, 0.15) is 0 Å². The predicted octanol–water partition coefficient (Wildman–Crippen LogP) is 2.22. The molecule has 3 heterocycles. The van der Waals surface area contributed by atoms with Crippen molar-refractivity contribution in [1.29, 1.82) is 0 Å². The number of carbonyl (C=O) groups excluding carboxylic acids is 9. The number of imide groups is 3. The van der Waals surface area contributed by atoms with Gasteiger partial charge < -0.3 is 14.5 Å². The van der Waals surface area contributed by atoms with Gasteiger partial charge in [0.15, 0.2) is 0 Å². The Labute approximate surface area is 268 Å². The molecule has 15 nitrogen and oxygen atoms in total. The van der Waals surface area contributed by atoms with E-state index in [0.717, 1.165) is 18.2 Å². The fraction of sp³-hybridized carbons (Fsp3) is 0.0606. The number of rotatable bonds is 6. The average Bonchev–Trinajstić information content (AvgIpc) is 3.60. The molecule has 1 aliphatic carbocycles. The number of hydrogen-bond donors (Lipinski definition) is 0. The highest BCUT2D eigenvalue weighted by atomic mass is 16.7. The van der Waals surface area contributed by atoms with Crippen molar-refractivity contribution in [3.05, 3.63) is 130 Å². The van der Waals surface area contributed by atoms with E-state index >= 15 is 0 Å². The molecular formula is C33H17N3O12. The fourth-order valence-electron chi connectivity index (χ4n) is 5.44. The molecule has 0 radical (unpaired) electrons. The molecule has 48 heavy (non-hydrogen) atoms. The van der Waals surface area contributed by atoms with Gasteiger partial charge >= 0.3 is 17.9 Å². The Bertz CT molecular complexity index is 1920. The quantitative estimate of drug-likeness (QED) is 0.355. The molecule has 0 bridgehead atoms. The van der Waals surface area contributed by atoms with Crippen LogP contribution in [0.2, 0.25) is 0 Å². The lowest BCUT2D eigenvalue weighted by atomic mass is 9.91. The topological polar surface area (TPSA) is 191 Å². The number of hydroxylamine groups is 6. The Kier molecular flexibility index (Phi) is 6.86. The van der Waals surface area contributed by atoms with E-state index in [1.807, 2.05) is 0 Å². The average molecular weight is 648 g/mol. The standard InChI is InChI=1S/C33H17N3O12/c37-25-19-7-1-2-8-20(19)26(38)34(25)46-31(43)16-13-17(32(44)47-35-27(39)21-9-3-4-10-22(21)28(35)40)15-18(14-16)33(45)48-36-29(41)23-11-5-6-12-24(23)30(36)42/h1-15,19-20H. The summed E-state index contributed by atoms with van der Waals surface area (Å²) in [6.45, 7) is 0. The van der Waals surface area contributed by atoms with Crippen LogP contribution in [-0.4, -0.2) is 68.5 Å². The zero-order valence-electron chi connectivity index (χ0n) is 24.1. The van der Waals surface area contributed by atoms with Crippen molar-refractivity contribution in [3.8, 4) is 0 Å². The number of benzene rings is 3. The van der Waals surface area contributed by atoms with Crippen LogP contribution in [0.25, 0.3) is 0 Å². The Morgan fingerprint density at radius 1 is 0.458 bits per heavy atom. The maximum Gasteiger partial charge on any atom is 0.363 e. The molecule has 1 saturated heterocycles. The lowest BCUT2D eigenvalue weighted by molar-refractivity contribution is -0.174. The van der Waals surface area contributed by atoms with Crippen molar-refractivity contribution in [2.24, 2.45) is 11.8 Å². The smallest absolute Gasteiger partial charge is 0.325 e. The van der Waals surface area contributed by atoms with E-state index in [-0.39, 0.29) is 37.4 Å². The lowest BCUT2D eigenvalue weighted by Gasteiger charge is -2.16. The summed E-state index contributed by atoms with van der Waals surface area (Å²) in [7, 11) is 0. The van der Waals surface area contributed by atoms with Crippen molar-refractivity contribution < 1.29 is 57.7 Å². The molecule has 0 N–H and O–H groups in total. The van der Waals surface area contributed by atoms with E-state index in [9.17, 15) is 43.2 Å². The number of amides is 6. The molecule has 7 rings (SSSR count). The third kappa shape index (κ3) is 4.65. The summed E-state index contributed by atoms with van der Waals surface area (Å²) in [5, 5.41) is 0.649. The van der Waals surface area contributed by atoms with Gasteiger partial charge in [-0.2, -0.15) is 0 Å². The molecule has 0 spiro atoms. The number of nitrogens with zero attached hydrogens (tertiary/aromatic N) is 3. The summed E-state index contributed by atoms with van der Waals surface area (Å²) >= 11 is 0. The second-order valence-corrected chi connectivity index (χ2v) is 10.6. The van der Waals surface area contributed by atoms with Crippen LogP contribution in [0.3, 0.4) is 0 Å². The molecule has 3 aliphatic heterocycles. The van der Waals surface area contributed by atoms with Crippen LogP contribution >= 0.6 is 0 Å². The number of carbonyl (C=O) groups is 9. The minimum Gasteiger partial charge on any atom is -0.325 e. The monoisotopic (exact) mass is 647 g/mol. The SMILES string of the molecule is O=C(ON1C(=O)c2ccccc2C1=O)c1cc(C(=O)ON2C(=O)c3ccccc3C2=O)cc(C(=O)ON2C(=O)C3C=CC=CC3C2=O)c1. The largest absolute Gasteiger partial charge is 0.363 e. The van der Waals surface area contributed by atoms with Crippen LogP contribution in [0.4, 0.5) is 0 Å². The van der Waals surface area contributed by atoms with Gasteiger partial charge in [0, 0.05) is 0 Å². The van der Waals surface area contributed by atoms with Gasteiger partial charge in [0.25, 0.3) is 35.4 Å². The normalized spacial score (nSPS) is 19.0. The summed E-state index contributed by atoms with van der Waals surface area (Å²) in [6, 6.07) is 13.9. The summed E-state index contributed by atoms with van der Waals surface area (Å²) in [4.78, 5) is 132. The van der Waals surface area contributed by atoms with Crippen LogP contribution in [0.15, 0.2) is 91.0 Å². The van der Waals surface area contributed by atoms with Gasteiger partial charge in [-0.15, -0.1) is 5.06 Å². The molecule has 2 atom stereocenters. The molecule has 2 unspecified atom stereocenters. The van der Waals surface area contributed by atoms with Crippen LogP contribution in [0, 0.1) is 11.8 Å². The van der Waals surface area contributed by atoms with Gasteiger partial charge in [-0.25, -0.2) is 14.4 Å². The van der Waals surface area contributed by atoms with Gasteiger partial charge in [0.2, 0.25) is 0 Å². The first-order chi connectivity index (χ1) is 23.0. The second kappa shape index (κ2) is 11.1. The minimum atomic E-state index is -1.40. The van der Waals surface area contributed by atoms with Crippen molar-refractivity contribution >= 4 is 53.4 Å². The van der Waals surface area contributed by atoms with Crippen LogP contribution in [-0.2, 0) is 24.1 Å². The first-order valence-electron chi connectivity index (χ1n) is 14.1.